The second-order valence-corrected chi connectivity index (χ2v) is 4.54. The molecule has 3 nitrogen and oxygen atoms in total. The first-order valence-corrected chi connectivity index (χ1v) is 6.05. The van der Waals surface area contributed by atoms with Crippen molar-refractivity contribution in [3.8, 4) is 0 Å². The van der Waals surface area contributed by atoms with Gasteiger partial charge < -0.3 is 5.73 Å². The van der Waals surface area contributed by atoms with Gasteiger partial charge in [0.15, 0.2) is 0 Å². The highest BCUT2D eigenvalue weighted by Crippen LogP contribution is 2.24. The topological polar surface area (TPSA) is 32.5 Å². The lowest BCUT2D eigenvalue weighted by Gasteiger charge is -2.42. The van der Waals surface area contributed by atoms with Gasteiger partial charge in [-0.15, -0.1) is 11.8 Å². The molecule has 0 aliphatic carbocycles. The first kappa shape index (κ1) is 9.37. The Morgan fingerprint density at radius 2 is 1.77 bits per heavy atom. The maximum absolute atomic E-state index is 5.99. The second-order valence-electron chi connectivity index (χ2n) is 3.64. The summed E-state index contributed by atoms with van der Waals surface area (Å²) in [5, 5.41) is 4.82. The summed E-state index contributed by atoms with van der Waals surface area (Å²) in [6, 6.07) is 0. The predicted molar refractivity (Wildman–Crippen MR) is 57.1 cm³/mol. The van der Waals surface area contributed by atoms with E-state index in [4.69, 9.17) is 5.73 Å². The van der Waals surface area contributed by atoms with Crippen LogP contribution in [0.15, 0.2) is 10.6 Å². The van der Waals surface area contributed by atoms with E-state index in [1.54, 1.807) is 11.8 Å². The molecule has 2 heterocycles. The number of rotatable bonds is 1. The molecule has 0 atom stereocenters. The fraction of sp³-hybridized carbons (Fsp3) is 0.778. The third-order valence-corrected chi connectivity index (χ3v) is 3.65. The van der Waals surface area contributed by atoms with E-state index in [1.165, 1.54) is 30.8 Å². The molecule has 0 bridgehead atoms. The number of fused-ring (bicyclic) bond motifs is 1. The highest BCUT2D eigenvalue weighted by molar-refractivity contribution is 8.02. The number of hydrogen-bond acceptors (Lipinski definition) is 4. The lowest BCUT2D eigenvalue weighted by atomic mass is 10.2. The van der Waals surface area contributed by atoms with Crippen molar-refractivity contribution < 1.29 is 0 Å². The Bertz CT molecular complexity index is 227. The summed E-state index contributed by atoms with van der Waals surface area (Å²) in [6.07, 6.45) is 4.76. The van der Waals surface area contributed by atoms with Crippen molar-refractivity contribution in [3.05, 3.63) is 10.6 Å². The third kappa shape index (κ3) is 1.85. The van der Waals surface area contributed by atoms with Gasteiger partial charge in [-0.25, -0.2) is 10.0 Å². The van der Waals surface area contributed by atoms with Crippen LogP contribution in [0.3, 0.4) is 0 Å². The minimum atomic E-state index is 0.941. The first-order chi connectivity index (χ1) is 6.31. The number of nitrogens with zero attached hydrogens (tertiary/aromatic N) is 2. The average Bonchev–Trinajstić information content (AvgIpc) is 2.17. The maximum atomic E-state index is 5.99. The van der Waals surface area contributed by atoms with E-state index in [0.717, 1.165) is 18.8 Å². The maximum Gasteiger partial charge on any atom is 0.0538 e. The molecule has 2 N–H and O–H groups in total. The van der Waals surface area contributed by atoms with E-state index in [1.807, 2.05) is 0 Å². The number of hydrogen-bond donors (Lipinski definition) is 1. The molecule has 1 fully saturated rings. The van der Waals surface area contributed by atoms with E-state index >= 15 is 0 Å². The molecule has 0 aromatic heterocycles. The van der Waals surface area contributed by atoms with Crippen molar-refractivity contribution in [3.63, 3.8) is 0 Å². The van der Waals surface area contributed by atoms with Crippen LogP contribution in [0, 0.1) is 0 Å². The molecule has 0 radical (unpaired) electrons. The molecule has 0 spiro atoms. The molecule has 0 aromatic carbocycles. The number of thioether (sulfide) groups is 1. The Morgan fingerprint density at radius 3 is 2.38 bits per heavy atom. The molecule has 1 saturated heterocycles. The summed E-state index contributed by atoms with van der Waals surface area (Å²) in [5.41, 5.74) is 7.06. The van der Waals surface area contributed by atoms with Gasteiger partial charge in [0.05, 0.1) is 6.54 Å². The monoisotopic (exact) mass is 199 g/mol. The first-order valence-electron chi connectivity index (χ1n) is 4.82. The van der Waals surface area contributed by atoms with Crippen LogP contribution in [0.5, 0.6) is 0 Å². The van der Waals surface area contributed by atoms with Crippen LogP contribution in [-0.4, -0.2) is 42.5 Å². The SMILES string of the molecule is CSC1=C(N)CN2CCCCN2C1. The Labute approximate surface area is 83.9 Å². The summed E-state index contributed by atoms with van der Waals surface area (Å²) in [5.74, 6) is 0. The summed E-state index contributed by atoms with van der Waals surface area (Å²) < 4.78 is 0. The van der Waals surface area contributed by atoms with E-state index in [9.17, 15) is 0 Å². The van der Waals surface area contributed by atoms with Gasteiger partial charge in [0, 0.05) is 30.2 Å². The lowest BCUT2D eigenvalue weighted by Crippen LogP contribution is -2.52. The van der Waals surface area contributed by atoms with E-state index < -0.39 is 0 Å². The van der Waals surface area contributed by atoms with Gasteiger partial charge in [-0.05, 0) is 19.1 Å². The van der Waals surface area contributed by atoms with Gasteiger partial charge in [0.25, 0.3) is 0 Å². The smallest absolute Gasteiger partial charge is 0.0538 e. The molecular weight excluding hydrogens is 182 g/mol. The zero-order chi connectivity index (χ0) is 9.26. The third-order valence-electron chi connectivity index (χ3n) is 2.77. The standard InChI is InChI=1S/C9H17N3S/c1-13-9-7-12-5-3-2-4-11(12)6-8(9)10/h2-7,10H2,1H3. The molecule has 4 heteroatoms. The summed E-state index contributed by atoms with van der Waals surface area (Å²) in [7, 11) is 0. The Hall–Kier alpha value is -0.190. The molecule has 2 aliphatic rings. The van der Waals surface area contributed by atoms with Crippen LogP contribution in [-0.2, 0) is 0 Å². The van der Waals surface area contributed by atoms with E-state index in [0.29, 0.717) is 0 Å². The van der Waals surface area contributed by atoms with Crippen molar-refractivity contribution in [1.29, 1.82) is 0 Å². The van der Waals surface area contributed by atoms with Crippen LogP contribution >= 0.6 is 11.8 Å². The van der Waals surface area contributed by atoms with Crippen LogP contribution in [0.1, 0.15) is 12.8 Å². The van der Waals surface area contributed by atoms with Crippen LogP contribution in [0.4, 0.5) is 0 Å². The average molecular weight is 199 g/mol. The highest BCUT2D eigenvalue weighted by Gasteiger charge is 2.26. The van der Waals surface area contributed by atoms with E-state index in [-0.39, 0.29) is 0 Å². The van der Waals surface area contributed by atoms with Gasteiger partial charge >= 0.3 is 0 Å². The molecule has 0 amide bonds. The van der Waals surface area contributed by atoms with Crippen LogP contribution in [0.25, 0.3) is 0 Å². The van der Waals surface area contributed by atoms with E-state index in [2.05, 4.69) is 16.3 Å². The van der Waals surface area contributed by atoms with Gasteiger partial charge in [-0.1, -0.05) is 0 Å². The van der Waals surface area contributed by atoms with Gasteiger partial charge in [-0.3, -0.25) is 0 Å². The molecule has 2 rings (SSSR count). The fourth-order valence-corrected chi connectivity index (χ4v) is 2.58. The van der Waals surface area contributed by atoms with Crippen molar-refractivity contribution in [2.24, 2.45) is 5.73 Å². The molecule has 0 unspecified atom stereocenters. The molecule has 0 saturated carbocycles. The molecule has 0 aromatic rings. The van der Waals surface area contributed by atoms with Crippen molar-refractivity contribution in [2.75, 3.05) is 32.4 Å². The summed E-state index contributed by atoms with van der Waals surface area (Å²) in [4.78, 5) is 1.36. The molecule has 13 heavy (non-hydrogen) atoms. The van der Waals surface area contributed by atoms with Gasteiger partial charge in [0.1, 0.15) is 0 Å². The fourth-order valence-electron chi connectivity index (χ4n) is 1.98. The van der Waals surface area contributed by atoms with Crippen LogP contribution < -0.4 is 5.73 Å². The molecule has 2 aliphatic heterocycles. The van der Waals surface area contributed by atoms with Crippen molar-refractivity contribution in [2.45, 2.75) is 12.8 Å². The zero-order valence-electron chi connectivity index (χ0n) is 8.12. The lowest BCUT2D eigenvalue weighted by molar-refractivity contribution is -0.0412. The Balaban J connectivity index is 2.09. The Kier molecular flexibility index (Phi) is 2.81. The minimum Gasteiger partial charge on any atom is -0.400 e. The largest absolute Gasteiger partial charge is 0.400 e. The van der Waals surface area contributed by atoms with Gasteiger partial charge in [0.2, 0.25) is 0 Å². The van der Waals surface area contributed by atoms with Crippen molar-refractivity contribution in [1.82, 2.24) is 10.0 Å². The summed E-state index contributed by atoms with van der Waals surface area (Å²) >= 11 is 1.80. The second kappa shape index (κ2) is 3.90. The normalized spacial score (nSPS) is 26.2. The molecular formula is C9H17N3S. The zero-order valence-corrected chi connectivity index (χ0v) is 8.94. The minimum absolute atomic E-state index is 0.941. The molecule has 74 valence electrons. The predicted octanol–water partition coefficient (Wildman–Crippen LogP) is 0.846. The Morgan fingerprint density at radius 1 is 1.15 bits per heavy atom. The summed E-state index contributed by atoms with van der Waals surface area (Å²) in [6.45, 7) is 4.36. The number of hydrazine groups is 1. The van der Waals surface area contributed by atoms with Crippen LogP contribution in [0.2, 0.25) is 0 Å². The number of nitrogens with two attached hydrogens (primary N) is 1. The quantitative estimate of drug-likeness (QED) is 0.678. The van der Waals surface area contributed by atoms with Gasteiger partial charge in [-0.2, -0.15) is 0 Å². The highest BCUT2D eigenvalue weighted by atomic mass is 32.2. The van der Waals surface area contributed by atoms with Crippen molar-refractivity contribution >= 4 is 11.8 Å².